The first kappa shape index (κ1) is 18.9. The monoisotopic (exact) mass is 375 g/mol. The molecule has 7 heteroatoms. The summed E-state index contributed by atoms with van der Waals surface area (Å²) in [7, 11) is 0. The number of carbonyl (C=O) groups is 1. The molecule has 0 N–H and O–H groups in total. The summed E-state index contributed by atoms with van der Waals surface area (Å²) in [6.07, 6.45) is 0. The number of hydrogen-bond acceptors (Lipinski definition) is 5. The summed E-state index contributed by atoms with van der Waals surface area (Å²) < 4.78 is 7.01. The zero-order chi connectivity index (χ0) is 18.7. The van der Waals surface area contributed by atoms with Crippen molar-refractivity contribution >= 4 is 28.6 Å². The standard InChI is InChI=1S/C19H25N3O3S/c1-4-22-17(23)14-7-5-6-8-15(14)20-19(22)26-16(13(2)3)18(24)21-9-11-25-12-10-21/h5-8,13,16H,4,9-12H2,1-3H3. The lowest BCUT2D eigenvalue weighted by Gasteiger charge is -2.31. The van der Waals surface area contributed by atoms with Gasteiger partial charge in [-0.25, -0.2) is 4.98 Å². The van der Waals surface area contributed by atoms with Crippen LogP contribution in [0.2, 0.25) is 0 Å². The second kappa shape index (κ2) is 8.22. The molecule has 1 aromatic carbocycles. The van der Waals surface area contributed by atoms with Crippen LogP contribution in [-0.2, 0) is 16.1 Å². The highest BCUT2D eigenvalue weighted by Crippen LogP contribution is 2.29. The van der Waals surface area contributed by atoms with Gasteiger partial charge in [-0.1, -0.05) is 37.7 Å². The third-order valence-corrected chi connectivity index (χ3v) is 6.07. The zero-order valence-electron chi connectivity index (χ0n) is 15.5. The van der Waals surface area contributed by atoms with Gasteiger partial charge in [0.15, 0.2) is 5.16 Å². The van der Waals surface area contributed by atoms with Crippen molar-refractivity contribution < 1.29 is 9.53 Å². The van der Waals surface area contributed by atoms with Crippen LogP contribution in [0.15, 0.2) is 34.2 Å². The number of carbonyl (C=O) groups excluding carboxylic acids is 1. The van der Waals surface area contributed by atoms with E-state index in [1.54, 1.807) is 10.6 Å². The molecule has 0 saturated carbocycles. The molecule has 1 aliphatic rings. The SMILES string of the molecule is CCn1c(SC(C(=O)N2CCOCC2)C(C)C)nc2ccccc2c1=O. The lowest BCUT2D eigenvalue weighted by Crippen LogP contribution is -2.46. The number of ether oxygens (including phenoxy) is 1. The number of thioether (sulfide) groups is 1. The van der Waals surface area contributed by atoms with E-state index >= 15 is 0 Å². The first-order chi connectivity index (χ1) is 12.5. The molecule has 0 spiro atoms. The molecule has 26 heavy (non-hydrogen) atoms. The summed E-state index contributed by atoms with van der Waals surface area (Å²) in [6, 6.07) is 7.36. The second-order valence-electron chi connectivity index (χ2n) is 6.68. The van der Waals surface area contributed by atoms with Gasteiger partial charge in [0.25, 0.3) is 5.56 Å². The maximum absolute atomic E-state index is 13.0. The van der Waals surface area contributed by atoms with Crippen molar-refractivity contribution in [1.29, 1.82) is 0 Å². The topological polar surface area (TPSA) is 64.4 Å². The van der Waals surface area contributed by atoms with Crippen molar-refractivity contribution in [1.82, 2.24) is 14.5 Å². The molecule has 0 bridgehead atoms. The Labute approximate surface area is 157 Å². The number of para-hydroxylation sites is 1. The number of benzene rings is 1. The normalized spacial score (nSPS) is 16.2. The number of hydrogen-bond donors (Lipinski definition) is 0. The van der Waals surface area contributed by atoms with Crippen LogP contribution in [0.5, 0.6) is 0 Å². The summed E-state index contributed by atoms with van der Waals surface area (Å²) in [4.78, 5) is 32.4. The fourth-order valence-electron chi connectivity index (χ4n) is 3.07. The van der Waals surface area contributed by atoms with Crippen molar-refractivity contribution in [2.75, 3.05) is 26.3 Å². The van der Waals surface area contributed by atoms with Crippen LogP contribution in [0.1, 0.15) is 20.8 Å². The molecule has 1 aromatic heterocycles. The van der Waals surface area contributed by atoms with E-state index in [-0.39, 0.29) is 22.6 Å². The Bertz CT molecular complexity index is 844. The molecular formula is C19H25N3O3S. The molecule has 140 valence electrons. The van der Waals surface area contributed by atoms with Crippen LogP contribution < -0.4 is 5.56 Å². The van der Waals surface area contributed by atoms with E-state index in [2.05, 4.69) is 4.98 Å². The van der Waals surface area contributed by atoms with Gasteiger partial charge < -0.3 is 9.64 Å². The van der Waals surface area contributed by atoms with Crippen LogP contribution in [0.25, 0.3) is 10.9 Å². The Hall–Kier alpha value is -1.86. The molecule has 0 radical (unpaired) electrons. The Kier molecular flexibility index (Phi) is 5.98. The highest BCUT2D eigenvalue weighted by molar-refractivity contribution is 8.00. The molecule has 6 nitrogen and oxygen atoms in total. The summed E-state index contributed by atoms with van der Waals surface area (Å²) in [5.74, 6) is 0.224. The van der Waals surface area contributed by atoms with Gasteiger partial charge in [0.1, 0.15) is 0 Å². The Morgan fingerprint density at radius 3 is 2.62 bits per heavy atom. The predicted octanol–water partition coefficient (Wildman–Crippen LogP) is 2.39. The average molecular weight is 375 g/mol. The van der Waals surface area contributed by atoms with Crippen LogP contribution in [0.3, 0.4) is 0 Å². The Morgan fingerprint density at radius 2 is 1.96 bits per heavy atom. The Morgan fingerprint density at radius 1 is 1.27 bits per heavy atom. The fourth-order valence-corrected chi connectivity index (χ4v) is 4.30. The van der Waals surface area contributed by atoms with Gasteiger partial charge >= 0.3 is 0 Å². The number of aromatic nitrogens is 2. The molecule has 1 fully saturated rings. The minimum atomic E-state index is -0.279. The van der Waals surface area contributed by atoms with Gasteiger partial charge in [-0.2, -0.15) is 0 Å². The maximum atomic E-state index is 13.0. The third kappa shape index (κ3) is 3.78. The number of nitrogens with zero attached hydrogens (tertiary/aromatic N) is 3. The van der Waals surface area contributed by atoms with E-state index in [1.807, 2.05) is 43.9 Å². The second-order valence-corrected chi connectivity index (χ2v) is 7.79. The van der Waals surface area contributed by atoms with Crippen molar-refractivity contribution in [3.05, 3.63) is 34.6 Å². The highest BCUT2D eigenvalue weighted by atomic mass is 32.2. The molecule has 2 aromatic rings. The first-order valence-corrected chi connectivity index (χ1v) is 9.93. The van der Waals surface area contributed by atoms with E-state index in [9.17, 15) is 9.59 Å². The van der Waals surface area contributed by atoms with Gasteiger partial charge in [-0.05, 0) is 25.0 Å². The van der Waals surface area contributed by atoms with Crippen LogP contribution in [0.4, 0.5) is 0 Å². The minimum absolute atomic E-state index is 0.0538. The van der Waals surface area contributed by atoms with Crippen LogP contribution in [-0.4, -0.2) is 51.9 Å². The van der Waals surface area contributed by atoms with Gasteiger partial charge in [0.2, 0.25) is 5.91 Å². The third-order valence-electron chi connectivity index (χ3n) is 4.55. The quantitative estimate of drug-likeness (QED) is 0.593. The molecular weight excluding hydrogens is 350 g/mol. The minimum Gasteiger partial charge on any atom is -0.378 e. The summed E-state index contributed by atoms with van der Waals surface area (Å²) in [6.45, 7) is 8.91. The molecule has 1 aliphatic heterocycles. The summed E-state index contributed by atoms with van der Waals surface area (Å²) in [5, 5.41) is 0.940. The lowest BCUT2D eigenvalue weighted by atomic mass is 10.1. The molecule has 0 aliphatic carbocycles. The molecule has 1 atom stereocenters. The molecule has 2 heterocycles. The van der Waals surface area contributed by atoms with Gasteiger partial charge in [0.05, 0.1) is 29.4 Å². The fraction of sp³-hybridized carbons (Fsp3) is 0.526. The first-order valence-electron chi connectivity index (χ1n) is 9.05. The van der Waals surface area contributed by atoms with Crippen molar-refractivity contribution in [2.45, 2.75) is 37.7 Å². The largest absolute Gasteiger partial charge is 0.378 e. The van der Waals surface area contributed by atoms with E-state index in [0.717, 1.165) is 0 Å². The number of fused-ring (bicyclic) bond motifs is 1. The van der Waals surface area contributed by atoms with E-state index in [1.165, 1.54) is 11.8 Å². The molecule has 3 rings (SSSR count). The molecule has 1 unspecified atom stereocenters. The molecule has 1 amide bonds. The van der Waals surface area contributed by atoms with Crippen LogP contribution in [0, 0.1) is 5.92 Å². The predicted molar refractivity (Wildman–Crippen MR) is 104 cm³/mol. The Balaban J connectivity index is 1.96. The van der Waals surface area contributed by atoms with Gasteiger partial charge in [-0.15, -0.1) is 0 Å². The smallest absolute Gasteiger partial charge is 0.262 e. The average Bonchev–Trinajstić information content (AvgIpc) is 2.66. The van der Waals surface area contributed by atoms with E-state index < -0.39 is 0 Å². The number of rotatable bonds is 5. The summed E-state index contributed by atoms with van der Waals surface area (Å²) in [5.41, 5.74) is 0.618. The maximum Gasteiger partial charge on any atom is 0.262 e. The zero-order valence-corrected chi connectivity index (χ0v) is 16.3. The van der Waals surface area contributed by atoms with Crippen molar-refractivity contribution in [2.24, 2.45) is 5.92 Å². The van der Waals surface area contributed by atoms with Crippen molar-refractivity contribution in [3.8, 4) is 0 Å². The highest BCUT2D eigenvalue weighted by Gasteiger charge is 2.30. The van der Waals surface area contributed by atoms with E-state index in [4.69, 9.17) is 4.74 Å². The van der Waals surface area contributed by atoms with Gasteiger partial charge in [-0.3, -0.25) is 14.2 Å². The number of amides is 1. The van der Waals surface area contributed by atoms with Gasteiger partial charge in [0, 0.05) is 19.6 Å². The number of morpholine rings is 1. The van der Waals surface area contributed by atoms with Crippen molar-refractivity contribution in [3.63, 3.8) is 0 Å². The van der Waals surface area contributed by atoms with E-state index in [0.29, 0.717) is 48.9 Å². The summed E-state index contributed by atoms with van der Waals surface area (Å²) >= 11 is 1.40. The lowest BCUT2D eigenvalue weighted by molar-refractivity contribution is -0.135. The molecule has 1 saturated heterocycles. The van der Waals surface area contributed by atoms with Crippen LogP contribution >= 0.6 is 11.8 Å².